The van der Waals surface area contributed by atoms with Crippen LogP contribution in [0.2, 0.25) is 5.02 Å². The highest BCUT2D eigenvalue weighted by Gasteiger charge is 2.12. The van der Waals surface area contributed by atoms with E-state index in [9.17, 15) is 5.11 Å². The number of halogens is 2. The van der Waals surface area contributed by atoms with Gasteiger partial charge >= 0.3 is 0 Å². The molecule has 0 aliphatic carbocycles. The third-order valence-electron chi connectivity index (χ3n) is 3.18. The molecular weight excluding hydrogens is 324 g/mol. The van der Waals surface area contributed by atoms with Gasteiger partial charge in [-0.1, -0.05) is 64.8 Å². The highest BCUT2D eigenvalue weighted by molar-refractivity contribution is 9.10. The maximum Gasteiger partial charge on any atom is 0.0844 e. The molecule has 3 heteroatoms. The van der Waals surface area contributed by atoms with Crippen molar-refractivity contribution in [3.63, 3.8) is 0 Å². The van der Waals surface area contributed by atoms with Crippen molar-refractivity contribution < 1.29 is 5.11 Å². The van der Waals surface area contributed by atoms with Crippen LogP contribution >= 0.6 is 27.5 Å². The van der Waals surface area contributed by atoms with E-state index in [0.717, 1.165) is 22.0 Å². The average molecular weight is 340 g/mol. The first-order chi connectivity index (χ1) is 9.10. The standard InChI is InChI=1S/C16H16BrClO/c1-2-11-3-5-12(6-4-11)9-16(19)14-8-7-13(17)10-15(14)18/h3-8,10,16,19H,2,9H2,1H3. The highest BCUT2D eigenvalue weighted by Crippen LogP contribution is 2.28. The summed E-state index contributed by atoms with van der Waals surface area (Å²) in [5, 5.41) is 10.9. The molecular formula is C16H16BrClO. The molecule has 1 atom stereocenters. The third-order valence-corrected chi connectivity index (χ3v) is 4.00. The van der Waals surface area contributed by atoms with Crippen molar-refractivity contribution in [2.45, 2.75) is 25.9 Å². The van der Waals surface area contributed by atoms with Gasteiger partial charge in [0.25, 0.3) is 0 Å². The van der Waals surface area contributed by atoms with Gasteiger partial charge in [-0.2, -0.15) is 0 Å². The highest BCUT2D eigenvalue weighted by atomic mass is 79.9. The van der Waals surface area contributed by atoms with E-state index in [-0.39, 0.29) is 0 Å². The van der Waals surface area contributed by atoms with Crippen molar-refractivity contribution in [2.75, 3.05) is 0 Å². The molecule has 1 nitrogen and oxygen atoms in total. The number of aliphatic hydroxyl groups excluding tert-OH is 1. The molecule has 1 unspecified atom stereocenters. The van der Waals surface area contributed by atoms with Crippen molar-refractivity contribution >= 4 is 27.5 Å². The van der Waals surface area contributed by atoms with Gasteiger partial charge in [-0.25, -0.2) is 0 Å². The molecule has 0 bridgehead atoms. The van der Waals surface area contributed by atoms with E-state index in [1.165, 1.54) is 5.56 Å². The van der Waals surface area contributed by atoms with Crippen molar-refractivity contribution in [1.29, 1.82) is 0 Å². The molecule has 0 saturated carbocycles. The summed E-state index contributed by atoms with van der Waals surface area (Å²) >= 11 is 9.51. The number of rotatable bonds is 4. The summed E-state index contributed by atoms with van der Waals surface area (Å²) in [6.45, 7) is 2.13. The molecule has 19 heavy (non-hydrogen) atoms. The fourth-order valence-electron chi connectivity index (χ4n) is 2.02. The zero-order chi connectivity index (χ0) is 13.8. The second kappa shape index (κ2) is 6.56. The van der Waals surface area contributed by atoms with E-state index in [2.05, 4.69) is 47.1 Å². The second-order valence-corrected chi connectivity index (χ2v) is 5.88. The second-order valence-electron chi connectivity index (χ2n) is 4.56. The van der Waals surface area contributed by atoms with Crippen LogP contribution in [0.4, 0.5) is 0 Å². The predicted octanol–water partition coefficient (Wildman–Crippen LogP) is 4.94. The Labute approximate surface area is 127 Å². The monoisotopic (exact) mass is 338 g/mol. The van der Waals surface area contributed by atoms with Crippen LogP contribution < -0.4 is 0 Å². The van der Waals surface area contributed by atoms with Crippen LogP contribution in [0.5, 0.6) is 0 Å². The molecule has 0 fully saturated rings. The predicted molar refractivity (Wildman–Crippen MR) is 83.6 cm³/mol. The lowest BCUT2D eigenvalue weighted by Crippen LogP contribution is -2.02. The lowest BCUT2D eigenvalue weighted by Gasteiger charge is -2.13. The van der Waals surface area contributed by atoms with Crippen molar-refractivity contribution in [3.05, 3.63) is 68.7 Å². The summed E-state index contributed by atoms with van der Waals surface area (Å²) < 4.78 is 0.917. The van der Waals surface area contributed by atoms with Crippen LogP contribution in [-0.2, 0) is 12.8 Å². The van der Waals surface area contributed by atoms with Crippen LogP contribution in [0, 0.1) is 0 Å². The van der Waals surface area contributed by atoms with E-state index in [0.29, 0.717) is 11.4 Å². The van der Waals surface area contributed by atoms with E-state index in [4.69, 9.17) is 11.6 Å². The lowest BCUT2D eigenvalue weighted by molar-refractivity contribution is 0.178. The maximum atomic E-state index is 10.3. The Morgan fingerprint density at radius 3 is 2.32 bits per heavy atom. The Balaban J connectivity index is 2.13. The van der Waals surface area contributed by atoms with Crippen molar-refractivity contribution in [3.8, 4) is 0 Å². The van der Waals surface area contributed by atoms with Crippen LogP contribution in [0.1, 0.15) is 29.7 Å². The smallest absolute Gasteiger partial charge is 0.0844 e. The molecule has 0 aliphatic heterocycles. The van der Waals surface area contributed by atoms with Gasteiger partial charge in [0, 0.05) is 15.9 Å². The number of hydrogen-bond donors (Lipinski definition) is 1. The lowest BCUT2D eigenvalue weighted by atomic mass is 10.00. The average Bonchev–Trinajstić information content (AvgIpc) is 2.39. The van der Waals surface area contributed by atoms with E-state index >= 15 is 0 Å². The van der Waals surface area contributed by atoms with E-state index < -0.39 is 6.10 Å². The van der Waals surface area contributed by atoms with E-state index in [1.54, 1.807) is 6.07 Å². The topological polar surface area (TPSA) is 20.2 Å². The molecule has 0 aromatic heterocycles. The molecule has 0 aliphatic rings. The van der Waals surface area contributed by atoms with Gasteiger partial charge in [-0.15, -0.1) is 0 Å². The largest absolute Gasteiger partial charge is 0.388 e. The molecule has 100 valence electrons. The van der Waals surface area contributed by atoms with Crippen LogP contribution in [0.15, 0.2) is 46.9 Å². The molecule has 0 radical (unpaired) electrons. The van der Waals surface area contributed by atoms with Crippen LogP contribution in [0.3, 0.4) is 0 Å². The number of aliphatic hydroxyl groups is 1. The first-order valence-corrected chi connectivity index (χ1v) is 7.48. The molecule has 2 aromatic carbocycles. The first-order valence-electron chi connectivity index (χ1n) is 6.31. The number of benzene rings is 2. The van der Waals surface area contributed by atoms with Gasteiger partial charge in [0.15, 0.2) is 0 Å². The van der Waals surface area contributed by atoms with Gasteiger partial charge in [0.2, 0.25) is 0 Å². The first kappa shape index (κ1) is 14.6. The molecule has 1 N–H and O–H groups in total. The summed E-state index contributed by atoms with van der Waals surface area (Å²) in [6.07, 6.45) is 1.03. The Bertz CT molecular complexity index is 551. The Morgan fingerprint density at radius 2 is 1.74 bits per heavy atom. The van der Waals surface area contributed by atoms with Crippen LogP contribution in [-0.4, -0.2) is 5.11 Å². The quantitative estimate of drug-likeness (QED) is 0.836. The van der Waals surface area contributed by atoms with Crippen LogP contribution in [0.25, 0.3) is 0 Å². The minimum atomic E-state index is -0.576. The minimum absolute atomic E-state index is 0.575. The maximum absolute atomic E-state index is 10.3. The SMILES string of the molecule is CCc1ccc(CC(O)c2ccc(Br)cc2Cl)cc1. The zero-order valence-electron chi connectivity index (χ0n) is 10.7. The molecule has 0 amide bonds. The van der Waals surface area contributed by atoms with Gasteiger partial charge in [0.05, 0.1) is 6.10 Å². The number of aryl methyl sites for hydroxylation is 1. The molecule has 2 aromatic rings. The fourth-order valence-corrected chi connectivity index (χ4v) is 2.82. The molecule has 0 spiro atoms. The van der Waals surface area contributed by atoms with Crippen molar-refractivity contribution in [2.24, 2.45) is 0 Å². The van der Waals surface area contributed by atoms with E-state index in [1.807, 2.05) is 12.1 Å². The Kier molecular flexibility index (Phi) is 5.03. The summed E-state index contributed by atoms with van der Waals surface area (Å²) in [4.78, 5) is 0. The summed E-state index contributed by atoms with van der Waals surface area (Å²) in [5.41, 5.74) is 3.19. The molecule has 2 rings (SSSR count). The number of hydrogen-bond acceptors (Lipinski definition) is 1. The normalized spacial score (nSPS) is 12.4. The summed E-state index contributed by atoms with van der Waals surface area (Å²) in [5.74, 6) is 0. The van der Waals surface area contributed by atoms with Gasteiger partial charge in [-0.05, 0) is 35.2 Å². The third kappa shape index (κ3) is 3.82. The van der Waals surface area contributed by atoms with Gasteiger partial charge in [0.1, 0.15) is 0 Å². The van der Waals surface area contributed by atoms with Gasteiger partial charge in [-0.3, -0.25) is 0 Å². The van der Waals surface area contributed by atoms with Gasteiger partial charge < -0.3 is 5.11 Å². The molecule has 0 heterocycles. The Morgan fingerprint density at radius 1 is 1.11 bits per heavy atom. The summed E-state index contributed by atoms with van der Waals surface area (Å²) in [7, 11) is 0. The molecule has 0 saturated heterocycles. The Hall–Kier alpha value is -0.830. The zero-order valence-corrected chi connectivity index (χ0v) is 13.1. The summed E-state index contributed by atoms with van der Waals surface area (Å²) in [6, 6.07) is 13.9. The minimum Gasteiger partial charge on any atom is -0.388 e. The fraction of sp³-hybridized carbons (Fsp3) is 0.250. The van der Waals surface area contributed by atoms with Crippen molar-refractivity contribution in [1.82, 2.24) is 0 Å².